The highest BCUT2D eigenvalue weighted by atomic mass is 16.5. The lowest BCUT2D eigenvalue weighted by atomic mass is 9.88. The van der Waals surface area contributed by atoms with Gasteiger partial charge in [0.25, 0.3) is 0 Å². The molecule has 0 radical (unpaired) electrons. The Balaban J connectivity index is 1.29. The van der Waals surface area contributed by atoms with E-state index in [1.807, 2.05) is 12.1 Å². The number of carbonyl (C=O) groups is 1. The number of benzene rings is 2. The van der Waals surface area contributed by atoms with E-state index < -0.39 is 0 Å². The number of carbonyl (C=O) groups excluding carboxylic acids is 1. The van der Waals surface area contributed by atoms with Crippen LogP contribution < -0.4 is 11.1 Å². The molecule has 32 heavy (non-hydrogen) atoms. The Morgan fingerprint density at radius 3 is 3.00 bits per heavy atom. The number of allylic oxidation sites excluding steroid dienone is 1. The minimum Gasteiger partial charge on any atom is -0.398 e. The number of fused-ring (bicyclic) bond motifs is 2. The molecule has 0 fully saturated rings. The van der Waals surface area contributed by atoms with Crippen LogP contribution in [0.4, 0.5) is 11.6 Å². The number of aromatic nitrogens is 1. The fourth-order valence-electron chi connectivity index (χ4n) is 5.07. The van der Waals surface area contributed by atoms with E-state index in [1.54, 1.807) is 6.20 Å². The number of hydrogen-bond acceptors (Lipinski definition) is 5. The van der Waals surface area contributed by atoms with Crippen molar-refractivity contribution >= 4 is 23.4 Å². The highest BCUT2D eigenvalue weighted by Gasteiger charge is 2.27. The number of nitrogens with zero attached hydrogens (tertiary/aromatic N) is 1. The predicted molar refractivity (Wildman–Crippen MR) is 127 cm³/mol. The van der Waals surface area contributed by atoms with E-state index in [2.05, 4.69) is 53.8 Å². The molecule has 0 spiro atoms. The summed E-state index contributed by atoms with van der Waals surface area (Å²) >= 11 is 0. The maximum Gasteiger partial charge on any atom is 0.225 e. The average Bonchev–Trinajstić information content (AvgIpc) is 3.55. The molecule has 2 atom stereocenters. The Morgan fingerprint density at radius 1 is 1.28 bits per heavy atom. The SMILES string of the molecule is CCC(Cc1ccc2c(c1)C=CC2)C(=O)Cc1ccc2c(c1N)CCC2Nc1ccno1. The lowest BCUT2D eigenvalue weighted by Gasteiger charge is -2.17. The van der Waals surface area contributed by atoms with Crippen molar-refractivity contribution in [2.24, 2.45) is 5.92 Å². The van der Waals surface area contributed by atoms with E-state index in [0.29, 0.717) is 12.3 Å². The third-order valence-corrected chi connectivity index (χ3v) is 6.94. The van der Waals surface area contributed by atoms with Crippen LogP contribution in [0.25, 0.3) is 6.08 Å². The van der Waals surface area contributed by atoms with Gasteiger partial charge in [-0.25, -0.2) is 0 Å². The van der Waals surface area contributed by atoms with E-state index >= 15 is 0 Å². The molecule has 1 heterocycles. The summed E-state index contributed by atoms with van der Waals surface area (Å²) in [4.78, 5) is 13.2. The number of nitrogen functional groups attached to an aromatic ring is 1. The van der Waals surface area contributed by atoms with Crippen molar-refractivity contribution in [3.63, 3.8) is 0 Å². The molecule has 3 N–H and O–H groups in total. The molecule has 0 saturated heterocycles. The van der Waals surface area contributed by atoms with Crippen LogP contribution in [0.15, 0.2) is 53.2 Å². The standard InChI is InChI=1S/C27H29N3O2/c1-2-18(14-17-6-7-19-4-3-5-20(19)15-17)25(31)16-21-8-9-22-23(27(21)28)10-11-24(22)30-26-12-13-29-32-26/h3,5-9,12-13,15,18,24,30H,2,4,10-11,14,16,28H2,1H3. The quantitative estimate of drug-likeness (QED) is 0.477. The molecule has 5 heteroatoms. The van der Waals surface area contributed by atoms with Gasteiger partial charge in [0.1, 0.15) is 5.78 Å². The van der Waals surface area contributed by atoms with Gasteiger partial charge in [-0.2, -0.15) is 0 Å². The Morgan fingerprint density at radius 2 is 2.19 bits per heavy atom. The van der Waals surface area contributed by atoms with Gasteiger partial charge in [0, 0.05) is 24.1 Å². The highest BCUT2D eigenvalue weighted by molar-refractivity contribution is 5.85. The maximum absolute atomic E-state index is 13.2. The van der Waals surface area contributed by atoms with E-state index in [1.165, 1.54) is 22.3 Å². The molecule has 3 aromatic rings. The second-order valence-electron chi connectivity index (χ2n) is 8.91. The normalized spacial score (nSPS) is 17.2. The zero-order valence-electron chi connectivity index (χ0n) is 18.4. The fraction of sp³-hybridized carbons (Fsp3) is 0.333. The van der Waals surface area contributed by atoms with Gasteiger partial charge in [0.05, 0.1) is 12.2 Å². The van der Waals surface area contributed by atoms with E-state index in [4.69, 9.17) is 10.3 Å². The van der Waals surface area contributed by atoms with Crippen LogP contribution in [0.2, 0.25) is 0 Å². The molecule has 0 amide bonds. The number of rotatable bonds is 8. The van der Waals surface area contributed by atoms with Crippen molar-refractivity contribution in [3.8, 4) is 0 Å². The first-order chi connectivity index (χ1) is 15.6. The number of nitrogens with two attached hydrogens (primary N) is 1. The van der Waals surface area contributed by atoms with Crippen molar-refractivity contribution in [1.82, 2.24) is 5.16 Å². The summed E-state index contributed by atoms with van der Waals surface area (Å²) in [5.41, 5.74) is 14.5. The smallest absolute Gasteiger partial charge is 0.225 e. The summed E-state index contributed by atoms with van der Waals surface area (Å²) in [6.07, 6.45) is 10.9. The van der Waals surface area contributed by atoms with Crippen molar-refractivity contribution in [3.05, 3.63) is 82.1 Å². The summed E-state index contributed by atoms with van der Waals surface area (Å²) in [5, 5.41) is 7.13. The first-order valence-electron chi connectivity index (χ1n) is 11.5. The molecule has 0 bridgehead atoms. The van der Waals surface area contributed by atoms with Crippen LogP contribution in [-0.2, 0) is 30.5 Å². The largest absolute Gasteiger partial charge is 0.398 e. The lowest BCUT2D eigenvalue weighted by molar-refractivity contribution is -0.122. The summed E-state index contributed by atoms with van der Waals surface area (Å²) < 4.78 is 5.19. The Kier molecular flexibility index (Phi) is 5.56. The molecule has 2 unspecified atom stereocenters. The van der Waals surface area contributed by atoms with Crippen LogP contribution in [0.5, 0.6) is 0 Å². The second-order valence-corrected chi connectivity index (χ2v) is 8.91. The molecular formula is C27H29N3O2. The molecule has 2 aliphatic carbocycles. The van der Waals surface area contributed by atoms with Gasteiger partial charge < -0.3 is 15.6 Å². The first-order valence-corrected chi connectivity index (χ1v) is 11.5. The highest BCUT2D eigenvalue weighted by Crippen LogP contribution is 2.38. The van der Waals surface area contributed by atoms with Crippen LogP contribution in [0.1, 0.15) is 59.2 Å². The van der Waals surface area contributed by atoms with Crippen molar-refractivity contribution in [1.29, 1.82) is 0 Å². The third-order valence-electron chi connectivity index (χ3n) is 6.94. The van der Waals surface area contributed by atoms with Gasteiger partial charge in [0.15, 0.2) is 0 Å². The Bertz CT molecular complexity index is 1160. The lowest BCUT2D eigenvalue weighted by Crippen LogP contribution is -2.19. The van der Waals surface area contributed by atoms with Crippen molar-refractivity contribution < 1.29 is 9.32 Å². The zero-order chi connectivity index (χ0) is 22.1. The zero-order valence-corrected chi connectivity index (χ0v) is 18.4. The Hall–Kier alpha value is -3.34. The number of anilines is 2. The minimum atomic E-state index is 0.00644. The molecular weight excluding hydrogens is 398 g/mol. The van der Waals surface area contributed by atoms with Crippen LogP contribution in [-0.4, -0.2) is 10.9 Å². The summed E-state index contributed by atoms with van der Waals surface area (Å²) in [6.45, 7) is 2.10. The molecule has 2 aliphatic rings. The fourth-order valence-corrected chi connectivity index (χ4v) is 5.07. The van der Waals surface area contributed by atoms with E-state index in [0.717, 1.165) is 48.9 Å². The van der Waals surface area contributed by atoms with E-state index in [9.17, 15) is 4.79 Å². The maximum atomic E-state index is 13.2. The number of Topliss-reactive ketones (excluding diaryl/α,β-unsaturated/α-hetero) is 1. The van der Waals surface area contributed by atoms with Crippen molar-refractivity contribution in [2.45, 2.75) is 51.5 Å². The molecule has 1 aromatic heterocycles. The van der Waals surface area contributed by atoms with Crippen molar-refractivity contribution in [2.75, 3.05) is 11.1 Å². The number of hydrogen-bond donors (Lipinski definition) is 2. The molecule has 5 rings (SSSR count). The minimum absolute atomic E-state index is 0.00644. The molecule has 0 aliphatic heterocycles. The molecule has 5 nitrogen and oxygen atoms in total. The number of nitrogens with one attached hydrogen (secondary N) is 1. The van der Waals surface area contributed by atoms with E-state index in [-0.39, 0.29) is 17.7 Å². The number of ketones is 1. The van der Waals surface area contributed by atoms with Crippen LogP contribution >= 0.6 is 0 Å². The first kappa shape index (κ1) is 20.6. The third kappa shape index (κ3) is 3.95. The topological polar surface area (TPSA) is 81.2 Å². The summed E-state index contributed by atoms with van der Waals surface area (Å²) in [7, 11) is 0. The second kappa shape index (κ2) is 8.65. The average molecular weight is 428 g/mol. The van der Waals surface area contributed by atoms with Gasteiger partial charge in [-0.1, -0.05) is 54.6 Å². The summed E-state index contributed by atoms with van der Waals surface area (Å²) in [6, 6.07) is 12.7. The van der Waals surface area contributed by atoms with Gasteiger partial charge in [-0.3, -0.25) is 4.79 Å². The molecule has 2 aromatic carbocycles. The predicted octanol–water partition coefficient (Wildman–Crippen LogP) is 5.31. The molecule has 164 valence electrons. The molecule has 0 saturated carbocycles. The monoisotopic (exact) mass is 427 g/mol. The van der Waals surface area contributed by atoms with Crippen LogP contribution in [0, 0.1) is 5.92 Å². The summed E-state index contributed by atoms with van der Waals surface area (Å²) in [5.74, 6) is 0.935. The van der Waals surface area contributed by atoms with Gasteiger partial charge in [-0.05, 0) is 65.5 Å². The van der Waals surface area contributed by atoms with Gasteiger partial charge in [-0.15, -0.1) is 0 Å². The van der Waals surface area contributed by atoms with Crippen LogP contribution in [0.3, 0.4) is 0 Å². The van der Waals surface area contributed by atoms with Gasteiger partial charge in [0.2, 0.25) is 5.88 Å². The van der Waals surface area contributed by atoms with Gasteiger partial charge >= 0.3 is 0 Å². The Labute approximate surface area is 188 Å².